The van der Waals surface area contributed by atoms with E-state index >= 15 is 0 Å². The van der Waals surface area contributed by atoms with Crippen LogP contribution in [0.25, 0.3) is 6.08 Å². The number of amides is 2. The van der Waals surface area contributed by atoms with Gasteiger partial charge in [-0.1, -0.05) is 30.3 Å². The first-order valence-electron chi connectivity index (χ1n) is 5.18. The van der Waals surface area contributed by atoms with Crippen LogP contribution in [0.5, 0.6) is 0 Å². The summed E-state index contributed by atoms with van der Waals surface area (Å²) in [5, 5.41) is 2.91. The molecule has 0 aliphatic carbocycles. The Morgan fingerprint density at radius 2 is 1.94 bits per heavy atom. The summed E-state index contributed by atoms with van der Waals surface area (Å²) in [5.74, 6) is -0.750. The lowest BCUT2D eigenvalue weighted by Crippen LogP contribution is -2.21. The summed E-state index contributed by atoms with van der Waals surface area (Å²) >= 11 is 5.51. The maximum atomic E-state index is 11.3. The highest BCUT2D eigenvalue weighted by Gasteiger charge is 1.99. The summed E-state index contributed by atoms with van der Waals surface area (Å²) < 4.78 is 0. The highest BCUT2D eigenvalue weighted by atomic mass is 35.5. The molecule has 0 saturated heterocycles. The standard InChI is InChI=1S/C13H13ClN2O2/c1-9(14)8-16-12(17)7-4-10-2-5-11(6-3-10)13(15)18/h2-7H,1,8H2,(H2,15,18)(H,16,17)/b7-4+. The van der Waals surface area contributed by atoms with E-state index < -0.39 is 5.91 Å². The number of carbonyl (C=O) groups is 2. The van der Waals surface area contributed by atoms with Crippen molar-refractivity contribution in [2.75, 3.05) is 6.54 Å². The molecule has 18 heavy (non-hydrogen) atoms. The fourth-order valence-corrected chi connectivity index (χ4v) is 1.24. The zero-order valence-corrected chi connectivity index (χ0v) is 10.4. The summed E-state index contributed by atoms with van der Waals surface area (Å²) in [6.07, 6.45) is 3.00. The van der Waals surface area contributed by atoms with E-state index in [0.717, 1.165) is 5.56 Å². The number of nitrogens with one attached hydrogen (secondary N) is 1. The molecule has 3 N–H and O–H groups in total. The topological polar surface area (TPSA) is 72.2 Å². The average molecular weight is 265 g/mol. The fourth-order valence-electron chi connectivity index (χ4n) is 1.17. The molecule has 5 heteroatoms. The first-order valence-corrected chi connectivity index (χ1v) is 5.56. The number of hydrogen-bond acceptors (Lipinski definition) is 2. The van der Waals surface area contributed by atoms with Gasteiger partial charge in [-0.15, -0.1) is 0 Å². The second-order valence-electron chi connectivity index (χ2n) is 3.55. The molecule has 0 spiro atoms. The zero-order chi connectivity index (χ0) is 13.5. The van der Waals surface area contributed by atoms with Crippen LogP contribution in [0.1, 0.15) is 15.9 Å². The lowest BCUT2D eigenvalue weighted by atomic mass is 10.1. The Morgan fingerprint density at radius 3 is 2.44 bits per heavy atom. The van der Waals surface area contributed by atoms with Gasteiger partial charge in [-0.3, -0.25) is 9.59 Å². The van der Waals surface area contributed by atoms with Crippen LogP contribution in [0.2, 0.25) is 0 Å². The van der Waals surface area contributed by atoms with E-state index in [9.17, 15) is 9.59 Å². The van der Waals surface area contributed by atoms with Gasteiger partial charge in [0.05, 0.1) is 6.54 Å². The van der Waals surface area contributed by atoms with Crippen molar-refractivity contribution < 1.29 is 9.59 Å². The van der Waals surface area contributed by atoms with E-state index in [1.165, 1.54) is 6.08 Å². The molecule has 0 aliphatic heterocycles. The molecule has 0 unspecified atom stereocenters. The third-order valence-electron chi connectivity index (χ3n) is 2.08. The van der Waals surface area contributed by atoms with E-state index in [-0.39, 0.29) is 12.5 Å². The Hall–Kier alpha value is -2.07. The summed E-state index contributed by atoms with van der Waals surface area (Å²) in [6, 6.07) is 6.59. The van der Waals surface area contributed by atoms with Crippen molar-refractivity contribution in [3.63, 3.8) is 0 Å². The van der Waals surface area contributed by atoms with Crippen molar-refractivity contribution in [2.45, 2.75) is 0 Å². The molecule has 0 aliphatic rings. The van der Waals surface area contributed by atoms with Gasteiger partial charge in [0.25, 0.3) is 0 Å². The molecule has 4 nitrogen and oxygen atoms in total. The van der Waals surface area contributed by atoms with E-state index in [4.69, 9.17) is 17.3 Å². The van der Waals surface area contributed by atoms with Crippen molar-refractivity contribution >= 4 is 29.5 Å². The summed E-state index contributed by atoms with van der Waals surface area (Å²) in [5.41, 5.74) is 6.33. The molecule has 1 rings (SSSR count). The number of benzene rings is 1. The number of primary amides is 1. The van der Waals surface area contributed by atoms with Crippen LogP contribution in [-0.4, -0.2) is 18.4 Å². The molecular weight excluding hydrogens is 252 g/mol. The Morgan fingerprint density at radius 1 is 1.33 bits per heavy atom. The van der Waals surface area contributed by atoms with Gasteiger partial charge in [0, 0.05) is 16.7 Å². The zero-order valence-electron chi connectivity index (χ0n) is 9.65. The number of carbonyl (C=O) groups excluding carboxylic acids is 2. The van der Waals surface area contributed by atoms with Crippen molar-refractivity contribution in [2.24, 2.45) is 5.73 Å². The molecular formula is C13H13ClN2O2. The van der Waals surface area contributed by atoms with Crippen LogP contribution in [0.3, 0.4) is 0 Å². The van der Waals surface area contributed by atoms with Gasteiger partial charge >= 0.3 is 0 Å². The Balaban J connectivity index is 2.58. The van der Waals surface area contributed by atoms with Crippen LogP contribution in [0.4, 0.5) is 0 Å². The maximum absolute atomic E-state index is 11.3. The molecule has 1 aromatic carbocycles. The van der Waals surface area contributed by atoms with Crippen LogP contribution >= 0.6 is 11.6 Å². The largest absolute Gasteiger partial charge is 0.366 e. The lowest BCUT2D eigenvalue weighted by Gasteiger charge is -1.99. The smallest absolute Gasteiger partial charge is 0.248 e. The minimum atomic E-state index is -0.483. The Bertz CT molecular complexity index is 492. The first-order chi connectivity index (χ1) is 8.49. The normalized spacial score (nSPS) is 10.3. The predicted octanol–water partition coefficient (Wildman–Crippen LogP) is 1.67. The van der Waals surface area contributed by atoms with Crippen LogP contribution in [0, 0.1) is 0 Å². The van der Waals surface area contributed by atoms with Crippen LogP contribution in [-0.2, 0) is 4.79 Å². The highest BCUT2D eigenvalue weighted by Crippen LogP contribution is 2.05. The Kier molecular flexibility index (Phi) is 5.14. The molecule has 0 atom stereocenters. The first kappa shape index (κ1) is 14.0. The molecule has 1 aromatic rings. The van der Waals surface area contributed by atoms with Gasteiger partial charge in [0.2, 0.25) is 11.8 Å². The highest BCUT2D eigenvalue weighted by molar-refractivity contribution is 6.29. The molecule has 94 valence electrons. The van der Waals surface area contributed by atoms with Crippen molar-refractivity contribution in [1.82, 2.24) is 5.32 Å². The van der Waals surface area contributed by atoms with E-state index in [2.05, 4.69) is 11.9 Å². The minimum absolute atomic E-state index is 0.228. The predicted molar refractivity (Wildman–Crippen MR) is 72.0 cm³/mol. The number of halogens is 1. The summed E-state index contributed by atoms with van der Waals surface area (Å²) in [7, 11) is 0. The average Bonchev–Trinajstić information content (AvgIpc) is 2.34. The Labute approximate surface area is 110 Å². The van der Waals surface area contributed by atoms with Crippen molar-refractivity contribution in [3.8, 4) is 0 Å². The van der Waals surface area contributed by atoms with Crippen LogP contribution in [0.15, 0.2) is 42.0 Å². The fraction of sp³-hybridized carbons (Fsp3) is 0.0769. The van der Waals surface area contributed by atoms with Crippen molar-refractivity contribution in [1.29, 1.82) is 0 Å². The third-order valence-corrected chi connectivity index (χ3v) is 2.21. The van der Waals surface area contributed by atoms with Gasteiger partial charge in [-0.2, -0.15) is 0 Å². The SMILES string of the molecule is C=C(Cl)CNC(=O)/C=C/c1ccc(C(N)=O)cc1. The molecule has 0 radical (unpaired) electrons. The number of nitrogens with two attached hydrogens (primary N) is 1. The molecule has 0 fully saturated rings. The van der Waals surface area contributed by atoms with E-state index in [1.54, 1.807) is 30.3 Å². The lowest BCUT2D eigenvalue weighted by molar-refractivity contribution is -0.116. The van der Waals surface area contributed by atoms with Gasteiger partial charge < -0.3 is 11.1 Å². The molecule has 0 heterocycles. The van der Waals surface area contributed by atoms with Gasteiger partial charge in [0.15, 0.2) is 0 Å². The summed E-state index contributed by atoms with van der Waals surface area (Å²) in [4.78, 5) is 22.2. The van der Waals surface area contributed by atoms with Gasteiger partial charge in [0.1, 0.15) is 0 Å². The van der Waals surface area contributed by atoms with Crippen LogP contribution < -0.4 is 11.1 Å². The van der Waals surface area contributed by atoms with Crippen molar-refractivity contribution in [3.05, 3.63) is 53.1 Å². The number of rotatable bonds is 5. The van der Waals surface area contributed by atoms with Gasteiger partial charge in [-0.05, 0) is 23.8 Å². The third kappa shape index (κ3) is 4.84. The molecule has 0 aromatic heterocycles. The van der Waals surface area contributed by atoms with E-state index in [0.29, 0.717) is 10.6 Å². The summed E-state index contributed by atoms with van der Waals surface area (Å²) in [6.45, 7) is 3.68. The minimum Gasteiger partial charge on any atom is -0.366 e. The second-order valence-corrected chi connectivity index (χ2v) is 4.09. The maximum Gasteiger partial charge on any atom is 0.248 e. The second kappa shape index (κ2) is 6.61. The van der Waals surface area contributed by atoms with E-state index in [1.807, 2.05) is 0 Å². The number of hydrogen-bond donors (Lipinski definition) is 2. The monoisotopic (exact) mass is 264 g/mol. The quantitative estimate of drug-likeness (QED) is 0.794. The molecule has 0 bridgehead atoms. The molecule has 2 amide bonds. The van der Waals surface area contributed by atoms with Gasteiger partial charge in [-0.25, -0.2) is 0 Å². The molecule has 0 saturated carbocycles.